The van der Waals surface area contributed by atoms with Crippen molar-refractivity contribution in [1.29, 1.82) is 0 Å². The molecular formula is C17H36N2S. The number of quaternary nitrogens is 1. The first-order chi connectivity index (χ1) is 9.69. The molecule has 0 bridgehead atoms. The van der Waals surface area contributed by atoms with Gasteiger partial charge in [-0.1, -0.05) is 65.6 Å². The molecule has 0 spiro atoms. The second-order valence-electron chi connectivity index (χ2n) is 5.68. The molecule has 0 aromatic rings. The highest BCUT2D eigenvalue weighted by molar-refractivity contribution is 7.78. The molecule has 0 radical (unpaired) electrons. The lowest BCUT2D eigenvalue weighted by Gasteiger charge is -2.16. The van der Waals surface area contributed by atoms with E-state index in [4.69, 9.17) is 5.41 Å². The number of hydrogen-bond donors (Lipinski definition) is 1. The van der Waals surface area contributed by atoms with Gasteiger partial charge in [0.2, 0.25) is 0 Å². The van der Waals surface area contributed by atoms with E-state index in [2.05, 4.69) is 45.2 Å². The minimum Gasteiger partial charge on any atom is -0.753 e. The van der Waals surface area contributed by atoms with Crippen LogP contribution in [0, 0.1) is 11.8 Å². The summed E-state index contributed by atoms with van der Waals surface area (Å²) in [6.45, 7) is 12.0. The highest BCUT2D eigenvalue weighted by atomic mass is 32.1. The standard InChI is InChI=1S/C16H35N.CNS/c1-5-9-11-15(7-3)13-17-14-16(8-4)12-10-6-2;2-1-3/h15-17H,5-14H2,1-4H3;/q;-1/p+1. The van der Waals surface area contributed by atoms with Crippen molar-refractivity contribution in [1.82, 2.24) is 0 Å². The zero-order valence-electron chi connectivity index (χ0n) is 14.2. The quantitative estimate of drug-likeness (QED) is 0.414. The highest BCUT2D eigenvalue weighted by Gasteiger charge is 2.11. The fourth-order valence-corrected chi connectivity index (χ4v) is 2.53. The lowest BCUT2D eigenvalue weighted by atomic mass is 9.97. The van der Waals surface area contributed by atoms with Crippen molar-refractivity contribution in [3.63, 3.8) is 0 Å². The number of nitrogens with zero attached hydrogens (tertiary/aromatic N) is 1. The maximum atomic E-state index is 7.13. The van der Waals surface area contributed by atoms with Crippen LogP contribution in [0.2, 0.25) is 0 Å². The fourth-order valence-electron chi connectivity index (χ4n) is 2.53. The van der Waals surface area contributed by atoms with E-state index in [0.717, 1.165) is 11.8 Å². The summed E-state index contributed by atoms with van der Waals surface area (Å²) >= 11 is 3.70. The second kappa shape index (κ2) is 18.8. The first-order valence-corrected chi connectivity index (χ1v) is 8.93. The van der Waals surface area contributed by atoms with Crippen LogP contribution in [0.25, 0.3) is 5.41 Å². The maximum Gasteiger partial charge on any atom is 0.0783 e. The third-order valence-corrected chi connectivity index (χ3v) is 4.09. The Hall–Kier alpha value is -0.240. The van der Waals surface area contributed by atoms with Crippen LogP contribution in [-0.2, 0) is 0 Å². The molecule has 0 aliphatic carbocycles. The van der Waals surface area contributed by atoms with Crippen molar-refractivity contribution in [3.8, 4) is 0 Å². The van der Waals surface area contributed by atoms with E-state index in [1.54, 1.807) is 0 Å². The molecular weight excluding hydrogens is 264 g/mol. The lowest BCUT2D eigenvalue weighted by Crippen LogP contribution is -2.86. The van der Waals surface area contributed by atoms with Crippen molar-refractivity contribution in [3.05, 3.63) is 5.41 Å². The summed E-state index contributed by atoms with van der Waals surface area (Å²) in [5.74, 6) is 1.91. The van der Waals surface area contributed by atoms with Gasteiger partial charge in [0.05, 0.1) is 13.1 Å². The molecule has 0 saturated carbocycles. The number of thiocarbonyl (C=S) groups is 1. The highest BCUT2D eigenvalue weighted by Crippen LogP contribution is 2.11. The Morgan fingerprint density at radius 3 is 1.50 bits per heavy atom. The topological polar surface area (TPSA) is 38.9 Å². The van der Waals surface area contributed by atoms with Crippen LogP contribution in [0.3, 0.4) is 0 Å². The molecule has 0 heterocycles. The Balaban J connectivity index is 0. The van der Waals surface area contributed by atoms with E-state index in [9.17, 15) is 0 Å². The zero-order chi connectivity index (χ0) is 15.6. The first-order valence-electron chi connectivity index (χ1n) is 8.52. The molecule has 0 amide bonds. The summed E-state index contributed by atoms with van der Waals surface area (Å²) in [5.41, 5.74) is 0. The number of rotatable bonds is 12. The molecule has 0 saturated heterocycles. The van der Waals surface area contributed by atoms with Crippen molar-refractivity contribution in [2.24, 2.45) is 11.8 Å². The van der Waals surface area contributed by atoms with E-state index >= 15 is 0 Å². The zero-order valence-corrected chi connectivity index (χ0v) is 15.0. The Bertz CT molecular complexity index is 197. The minimum atomic E-state index is 0.957. The first kappa shape index (κ1) is 22.0. The van der Waals surface area contributed by atoms with Crippen LogP contribution in [0.4, 0.5) is 0 Å². The largest absolute Gasteiger partial charge is 0.753 e. The van der Waals surface area contributed by atoms with Gasteiger partial charge in [-0.25, -0.2) is 0 Å². The van der Waals surface area contributed by atoms with Gasteiger partial charge < -0.3 is 10.7 Å². The van der Waals surface area contributed by atoms with Crippen LogP contribution in [0.15, 0.2) is 0 Å². The molecule has 2 atom stereocenters. The molecule has 2 unspecified atom stereocenters. The van der Waals surface area contributed by atoms with Gasteiger partial charge in [-0.05, 0) is 25.7 Å². The normalized spacial score (nSPS) is 13.0. The van der Waals surface area contributed by atoms with E-state index in [-0.39, 0.29) is 0 Å². The van der Waals surface area contributed by atoms with Gasteiger partial charge in [-0.2, -0.15) is 5.16 Å². The van der Waals surface area contributed by atoms with Crippen LogP contribution in [0.5, 0.6) is 0 Å². The summed E-state index contributed by atoms with van der Waals surface area (Å²) in [6.07, 6.45) is 11.1. The molecule has 20 heavy (non-hydrogen) atoms. The Morgan fingerprint density at radius 2 is 1.25 bits per heavy atom. The van der Waals surface area contributed by atoms with Crippen molar-refractivity contribution < 1.29 is 5.32 Å². The van der Waals surface area contributed by atoms with Crippen molar-refractivity contribution in [2.45, 2.75) is 79.1 Å². The SMILES string of the molecule is CCCCC(CC)C[NH2+]CC(CC)CCCC.[N-]=C=S. The molecule has 0 fully saturated rings. The van der Waals surface area contributed by atoms with Gasteiger partial charge in [-0.3, -0.25) is 0 Å². The lowest BCUT2D eigenvalue weighted by molar-refractivity contribution is -0.666. The minimum absolute atomic E-state index is 0.957. The van der Waals surface area contributed by atoms with Crippen LogP contribution >= 0.6 is 12.2 Å². The summed E-state index contributed by atoms with van der Waals surface area (Å²) in [5, 5.41) is 11.1. The Morgan fingerprint density at radius 1 is 0.900 bits per heavy atom. The monoisotopic (exact) mass is 300 g/mol. The van der Waals surface area contributed by atoms with E-state index in [1.807, 2.05) is 0 Å². The third kappa shape index (κ3) is 15.8. The molecule has 0 aliphatic rings. The summed E-state index contributed by atoms with van der Waals surface area (Å²) in [6, 6.07) is 0. The predicted octanol–water partition coefficient (Wildman–Crippen LogP) is 4.64. The molecule has 120 valence electrons. The van der Waals surface area contributed by atoms with Gasteiger partial charge in [-0.15, -0.1) is 0 Å². The molecule has 3 heteroatoms. The fraction of sp³-hybridized carbons (Fsp3) is 0.941. The molecule has 2 nitrogen and oxygen atoms in total. The van der Waals surface area contributed by atoms with Crippen LogP contribution < -0.4 is 5.32 Å². The van der Waals surface area contributed by atoms with Crippen LogP contribution in [0.1, 0.15) is 79.1 Å². The summed E-state index contributed by atoms with van der Waals surface area (Å²) in [7, 11) is 0. The van der Waals surface area contributed by atoms with E-state index in [0.29, 0.717) is 0 Å². The Labute approximate surface area is 132 Å². The molecule has 0 aromatic carbocycles. The second-order valence-corrected chi connectivity index (χ2v) is 5.87. The molecule has 2 N–H and O–H groups in total. The van der Waals surface area contributed by atoms with Gasteiger partial charge in [0.1, 0.15) is 0 Å². The average Bonchev–Trinajstić information content (AvgIpc) is 2.46. The summed E-state index contributed by atoms with van der Waals surface area (Å²) < 4.78 is 0. The smallest absolute Gasteiger partial charge is 0.0783 e. The van der Waals surface area contributed by atoms with Gasteiger partial charge >= 0.3 is 0 Å². The van der Waals surface area contributed by atoms with Crippen LogP contribution in [-0.4, -0.2) is 18.3 Å². The predicted molar refractivity (Wildman–Crippen MR) is 94.2 cm³/mol. The van der Waals surface area contributed by atoms with Gasteiger partial charge in [0.15, 0.2) is 0 Å². The van der Waals surface area contributed by atoms with E-state index < -0.39 is 0 Å². The molecule has 0 aromatic heterocycles. The third-order valence-electron chi connectivity index (χ3n) is 4.09. The summed E-state index contributed by atoms with van der Waals surface area (Å²) in [4.78, 5) is 0. The molecule has 0 rings (SSSR count). The number of unbranched alkanes of at least 4 members (excludes halogenated alkanes) is 2. The van der Waals surface area contributed by atoms with Crippen molar-refractivity contribution in [2.75, 3.05) is 13.1 Å². The van der Waals surface area contributed by atoms with E-state index in [1.165, 1.54) is 69.6 Å². The maximum absolute atomic E-state index is 7.13. The number of hydrogen-bond acceptors (Lipinski definition) is 1. The number of nitrogens with two attached hydrogens (primary N) is 1. The Kier molecular flexibility index (Phi) is 20.7. The van der Waals surface area contributed by atoms with Gasteiger partial charge in [0, 0.05) is 11.8 Å². The molecule has 0 aliphatic heterocycles. The number of isothiocyanates is 1. The average molecular weight is 301 g/mol. The van der Waals surface area contributed by atoms with Gasteiger partial charge in [0.25, 0.3) is 0 Å². The van der Waals surface area contributed by atoms with Crippen molar-refractivity contribution >= 4 is 17.4 Å².